The van der Waals surface area contributed by atoms with Crippen LogP contribution in [0.3, 0.4) is 0 Å². The fourth-order valence-corrected chi connectivity index (χ4v) is 4.90. The minimum Gasteiger partial charge on any atom is -0.339 e. The Morgan fingerprint density at radius 3 is 2.74 bits per heavy atom. The lowest BCUT2D eigenvalue weighted by molar-refractivity contribution is -0.134. The summed E-state index contributed by atoms with van der Waals surface area (Å²) in [6, 6.07) is 0.475. The quantitative estimate of drug-likeness (QED) is 0.674. The molecular weight excluding hydrogens is 310 g/mol. The fraction of sp³-hybridized carbons (Fsp3) is 0.812. The number of carbonyl (C=O) groups is 1. The van der Waals surface area contributed by atoms with E-state index in [1.165, 1.54) is 43.9 Å². The number of nitrogens with two attached hydrogens (primary N) is 1. The third-order valence-corrected chi connectivity index (χ3v) is 6.45. The number of nitrogens with zero attached hydrogens (tertiary/aromatic N) is 4. The van der Waals surface area contributed by atoms with E-state index in [2.05, 4.69) is 15.1 Å². The van der Waals surface area contributed by atoms with Gasteiger partial charge in [-0.15, -0.1) is 10.2 Å². The molecule has 1 aliphatic heterocycles. The monoisotopic (exact) mass is 335 g/mol. The molecule has 2 saturated carbocycles. The van der Waals surface area contributed by atoms with Crippen molar-refractivity contribution in [1.29, 1.82) is 0 Å². The minimum absolute atomic E-state index is 0.238. The Hall–Kier alpha value is -1.24. The first-order chi connectivity index (χ1) is 11.2. The van der Waals surface area contributed by atoms with Gasteiger partial charge in [0.05, 0.1) is 5.75 Å². The molecule has 0 spiro atoms. The zero-order chi connectivity index (χ0) is 15.8. The number of rotatable bonds is 4. The maximum Gasteiger partial charge on any atom is 0.233 e. The number of hydrogen-bond donors (Lipinski definition) is 1. The molecule has 2 aliphatic carbocycles. The molecule has 1 amide bonds. The van der Waals surface area contributed by atoms with Gasteiger partial charge in [-0.3, -0.25) is 4.79 Å². The zero-order valence-corrected chi connectivity index (χ0v) is 14.3. The predicted molar refractivity (Wildman–Crippen MR) is 89.6 cm³/mol. The van der Waals surface area contributed by atoms with Crippen molar-refractivity contribution in [3.8, 4) is 0 Å². The maximum atomic E-state index is 12.7. The summed E-state index contributed by atoms with van der Waals surface area (Å²) in [5, 5.41) is 9.00. The third kappa shape index (κ3) is 3.07. The normalized spacial score (nSPS) is 27.7. The van der Waals surface area contributed by atoms with Crippen LogP contribution in [0.25, 0.3) is 0 Å². The van der Waals surface area contributed by atoms with Gasteiger partial charge in [0.1, 0.15) is 0 Å². The van der Waals surface area contributed by atoms with E-state index in [0.29, 0.717) is 22.9 Å². The van der Waals surface area contributed by atoms with Crippen molar-refractivity contribution in [2.24, 2.45) is 5.92 Å². The molecule has 6 nitrogen and oxygen atoms in total. The first-order valence-corrected chi connectivity index (χ1v) is 9.85. The van der Waals surface area contributed by atoms with Gasteiger partial charge in [0.25, 0.3) is 0 Å². The summed E-state index contributed by atoms with van der Waals surface area (Å²) in [5.74, 6) is 8.79. The van der Waals surface area contributed by atoms with E-state index in [4.69, 9.17) is 5.84 Å². The maximum absolute atomic E-state index is 12.7. The molecule has 126 valence electrons. The van der Waals surface area contributed by atoms with Crippen LogP contribution >= 0.6 is 11.8 Å². The Labute approximate surface area is 141 Å². The smallest absolute Gasteiger partial charge is 0.233 e. The van der Waals surface area contributed by atoms with Gasteiger partial charge in [0.2, 0.25) is 11.1 Å². The van der Waals surface area contributed by atoms with Crippen molar-refractivity contribution in [2.75, 3.05) is 18.1 Å². The Morgan fingerprint density at radius 2 is 1.91 bits per heavy atom. The average molecular weight is 335 g/mol. The van der Waals surface area contributed by atoms with Gasteiger partial charge in [-0.05, 0) is 44.4 Å². The molecule has 0 unspecified atom stereocenters. The lowest BCUT2D eigenvalue weighted by Gasteiger charge is -2.44. The topological polar surface area (TPSA) is 77.0 Å². The van der Waals surface area contributed by atoms with E-state index in [1.807, 2.05) is 0 Å². The molecule has 1 aromatic rings. The molecule has 1 saturated heterocycles. The van der Waals surface area contributed by atoms with Gasteiger partial charge in [-0.25, -0.2) is 4.68 Å². The van der Waals surface area contributed by atoms with Crippen molar-refractivity contribution >= 4 is 17.7 Å². The number of likely N-dealkylation sites (tertiary alicyclic amines) is 1. The molecular formula is C16H25N5OS. The third-order valence-electron chi connectivity index (χ3n) is 5.52. The lowest BCUT2D eigenvalue weighted by Crippen LogP contribution is -2.50. The lowest BCUT2D eigenvalue weighted by atomic mass is 9.78. The second-order valence-electron chi connectivity index (χ2n) is 7.11. The van der Waals surface area contributed by atoms with Crippen molar-refractivity contribution in [3.05, 3.63) is 5.82 Å². The van der Waals surface area contributed by atoms with Gasteiger partial charge >= 0.3 is 0 Å². The largest absolute Gasteiger partial charge is 0.339 e. The molecule has 4 rings (SSSR count). The van der Waals surface area contributed by atoms with Gasteiger partial charge in [-0.2, -0.15) is 0 Å². The molecule has 0 bridgehead atoms. The summed E-state index contributed by atoms with van der Waals surface area (Å²) in [6.45, 7) is 0.920. The fourth-order valence-electron chi connectivity index (χ4n) is 4.15. The highest BCUT2D eigenvalue weighted by Gasteiger charge is 2.36. The highest BCUT2D eigenvalue weighted by molar-refractivity contribution is 7.99. The number of carbonyl (C=O) groups excluding carboxylic acids is 1. The van der Waals surface area contributed by atoms with Crippen LogP contribution in [-0.2, 0) is 4.79 Å². The molecule has 2 atom stereocenters. The van der Waals surface area contributed by atoms with E-state index in [1.54, 1.807) is 4.68 Å². The molecule has 3 aliphatic rings. The van der Waals surface area contributed by atoms with Crippen LogP contribution in [0.5, 0.6) is 0 Å². The number of thioether (sulfide) groups is 1. The number of fused-ring (bicyclic) bond motifs is 1. The van der Waals surface area contributed by atoms with Crippen LogP contribution in [0, 0.1) is 5.92 Å². The Morgan fingerprint density at radius 1 is 1.13 bits per heavy atom. The van der Waals surface area contributed by atoms with Gasteiger partial charge in [0, 0.05) is 18.5 Å². The van der Waals surface area contributed by atoms with Gasteiger partial charge < -0.3 is 10.7 Å². The molecule has 7 heteroatoms. The zero-order valence-electron chi connectivity index (χ0n) is 13.5. The first-order valence-electron chi connectivity index (χ1n) is 8.86. The number of amides is 1. The predicted octanol–water partition coefficient (Wildman–Crippen LogP) is 2.14. The number of aromatic nitrogens is 3. The van der Waals surface area contributed by atoms with Crippen LogP contribution in [0.4, 0.5) is 0 Å². The van der Waals surface area contributed by atoms with E-state index < -0.39 is 0 Å². The molecule has 2 heterocycles. The van der Waals surface area contributed by atoms with Crippen LogP contribution in [0.15, 0.2) is 5.16 Å². The van der Waals surface area contributed by atoms with Crippen molar-refractivity contribution < 1.29 is 4.79 Å². The highest BCUT2D eigenvalue weighted by atomic mass is 32.2. The van der Waals surface area contributed by atoms with Crippen LogP contribution < -0.4 is 5.84 Å². The Balaban J connectivity index is 1.37. The second-order valence-corrected chi connectivity index (χ2v) is 8.06. The summed E-state index contributed by atoms with van der Waals surface area (Å²) >= 11 is 1.43. The molecule has 23 heavy (non-hydrogen) atoms. The van der Waals surface area contributed by atoms with Crippen molar-refractivity contribution in [1.82, 2.24) is 19.8 Å². The first kappa shape index (κ1) is 15.3. The van der Waals surface area contributed by atoms with Crippen LogP contribution in [-0.4, -0.2) is 44.0 Å². The summed E-state index contributed by atoms with van der Waals surface area (Å²) in [5.41, 5.74) is 0. The van der Waals surface area contributed by atoms with Crippen LogP contribution in [0.2, 0.25) is 0 Å². The summed E-state index contributed by atoms with van der Waals surface area (Å²) < 4.78 is 1.58. The summed E-state index contributed by atoms with van der Waals surface area (Å²) in [7, 11) is 0. The summed E-state index contributed by atoms with van der Waals surface area (Å²) in [4.78, 5) is 14.8. The van der Waals surface area contributed by atoms with Crippen LogP contribution in [0.1, 0.15) is 63.1 Å². The standard InChI is InChI=1S/C16H25N5OS/c17-21-15(12-7-8-12)18-19-16(21)23-10-14(22)20-9-3-5-11-4-1-2-6-13(11)20/h11-13H,1-10,17H2/t11-,13+/m0/s1. The van der Waals surface area contributed by atoms with Crippen molar-refractivity contribution in [2.45, 2.75) is 68.5 Å². The number of nitrogen functional groups attached to an aromatic ring is 1. The molecule has 3 fully saturated rings. The number of piperidine rings is 1. The molecule has 0 aromatic carbocycles. The van der Waals surface area contributed by atoms with Gasteiger partial charge in [0.15, 0.2) is 5.82 Å². The van der Waals surface area contributed by atoms with E-state index in [-0.39, 0.29) is 5.91 Å². The Kier molecular flexibility index (Phi) is 4.22. The van der Waals surface area contributed by atoms with Gasteiger partial charge in [-0.1, -0.05) is 24.6 Å². The number of hydrogen-bond acceptors (Lipinski definition) is 5. The summed E-state index contributed by atoms with van der Waals surface area (Å²) in [6.07, 6.45) is 9.81. The molecule has 0 radical (unpaired) electrons. The Bertz CT molecular complexity index is 583. The molecule has 2 N–H and O–H groups in total. The SMILES string of the molecule is Nn1c(SCC(=O)N2CCC[C@@H]3CCCC[C@H]32)nnc1C1CC1. The van der Waals surface area contributed by atoms with E-state index in [0.717, 1.165) is 37.5 Å². The van der Waals surface area contributed by atoms with E-state index in [9.17, 15) is 4.79 Å². The van der Waals surface area contributed by atoms with Crippen molar-refractivity contribution in [3.63, 3.8) is 0 Å². The van der Waals surface area contributed by atoms with E-state index >= 15 is 0 Å². The second kappa shape index (κ2) is 6.34. The molecule has 1 aromatic heterocycles. The average Bonchev–Trinajstić information content (AvgIpc) is 3.36. The highest BCUT2D eigenvalue weighted by Crippen LogP contribution is 2.39. The minimum atomic E-state index is 0.238.